The highest BCUT2D eigenvalue weighted by Crippen LogP contribution is 2.36. The van der Waals surface area contributed by atoms with Crippen LogP contribution in [0.1, 0.15) is 40.0 Å². The van der Waals surface area contributed by atoms with Gasteiger partial charge >= 0.3 is 0 Å². The molecule has 0 saturated heterocycles. The summed E-state index contributed by atoms with van der Waals surface area (Å²) in [6.07, 6.45) is 4.18. The van der Waals surface area contributed by atoms with Gasteiger partial charge in [0.25, 0.3) is 0 Å². The van der Waals surface area contributed by atoms with E-state index in [2.05, 4.69) is 66.3 Å². The van der Waals surface area contributed by atoms with Crippen molar-refractivity contribution in [3.63, 3.8) is 0 Å². The number of benzene rings is 1. The first kappa shape index (κ1) is 17.4. The fourth-order valence-corrected chi connectivity index (χ4v) is 5.02. The fraction of sp³-hybridized carbons (Fsp3) is 0.667. The minimum absolute atomic E-state index is 0.647. The van der Waals surface area contributed by atoms with Crippen molar-refractivity contribution in [2.45, 2.75) is 51.0 Å². The molecule has 0 heterocycles. The second-order valence-corrected chi connectivity index (χ2v) is 8.47. The van der Waals surface area contributed by atoms with Crippen LogP contribution in [0.3, 0.4) is 0 Å². The van der Waals surface area contributed by atoms with Gasteiger partial charge in [-0.1, -0.05) is 49.2 Å². The van der Waals surface area contributed by atoms with Crippen LogP contribution in [0.25, 0.3) is 0 Å². The molecule has 1 nitrogen and oxygen atoms in total. The standard InChI is InChI=1S/C18H28BrNS/c1-4-20-18(15-9-8-13(2)14(3)10-15)12-21-17-7-5-6-16(19)11-17/h5-7,11,13-15,18,20H,4,8-10,12H2,1-3H3. The van der Waals surface area contributed by atoms with E-state index in [1.807, 2.05) is 11.8 Å². The maximum atomic E-state index is 3.74. The average Bonchev–Trinajstić information content (AvgIpc) is 2.46. The van der Waals surface area contributed by atoms with E-state index in [1.165, 1.54) is 34.4 Å². The topological polar surface area (TPSA) is 12.0 Å². The lowest BCUT2D eigenvalue weighted by atomic mass is 9.73. The van der Waals surface area contributed by atoms with E-state index < -0.39 is 0 Å². The van der Waals surface area contributed by atoms with E-state index in [1.54, 1.807) is 0 Å². The van der Waals surface area contributed by atoms with Gasteiger partial charge in [-0.25, -0.2) is 0 Å². The molecule has 0 amide bonds. The Morgan fingerprint density at radius 1 is 1.29 bits per heavy atom. The van der Waals surface area contributed by atoms with Gasteiger partial charge in [0.15, 0.2) is 0 Å². The zero-order valence-electron chi connectivity index (χ0n) is 13.4. The number of rotatable bonds is 6. The van der Waals surface area contributed by atoms with Crippen LogP contribution in [-0.2, 0) is 0 Å². The van der Waals surface area contributed by atoms with Crippen LogP contribution in [0.5, 0.6) is 0 Å². The molecular weight excluding hydrogens is 342 g/mol. The summed E-state index contributed by atoms with van der Waals surface area (Å²) < 4.78 is 1.17. The Hall–Kier alpha value is 0.01000. The molecule has 0 bridgehead atoms. The van der Waals surface area contributed by atoms with Gasteiger partial charge in [-0.2, -0.15) is 0 Å². The van der Waals surface area contributed by atoms with E-state index in [4.69, 9.17) is 0 Å². The summed E-state index contributed by atoms with van der Waals surface area (Å²) >= 11 is 5.55. The van der Waals surface area contributed by atoms with E-state index in [-0.39, 0.29) is 0 Å². The summed E-state index contributed by atoms with van der Waals surface area (Å²) in [5, 5.41) is 3.74. The van der Waals surface area contributed by atoms with Crippen LogP contribution >= 0.6 is 27.7 Å². The summed E-state index contributed by atoms with van der Waals surface area (Å²) in [7, 11) is 0. The molecule has 4 unspecified atom stereocenters. The fourth-order valence-electron chi connectivity index (χ4n) is 3.32. The molecule has 1 aromatic rings. The molecule has 1 fully saturated rings. The Kier molecular flexibility index (Phi) is 7.11. The molecule has 1 aromatic carbocycles. The maximum absolute atomic E-state index is 3.74. The van der Waals surface area contributed by atoms with E-state index in [0.29, 0.717) is 6.04 Å². The first-order valence-corrected chi connectivity index (χ1v) is 9.99. The summed E-state index contributed by atoms with van der Waals surface area (Å²) in [5.74, 6) is 3.80. The van der Waals surface area contributed by atoms with Crippen LogP contribution in [-0.4, -0.2) is 18.3 Å². The van der Waals surface area contributed by atoms with Crippen molar-refractivity contribution in [2.24, 2.45) is 17.8 Å². The van der Waals surface area contributed by atoms with Crippen LogP contribution in [0.15, 0.2) is 33.6 Å². The zero-order valence-corrected chi connectivity index (χ0v) is 15.8. The number of hydrogen-bond acceptors (Lipinski definition) is 2. The Morgan fingerprint density at radius 2 is 2.10 bits per heavy atom. The van der Waals surface area contributed by atoms with E-state index >= 15 is 0 Å². The Bertz CT molecular complexity index is 437. The Balaban J connectivity index is 1.92. The zero-order chi connectivity index (χ0) is 15.2. The van der Waals surface area contributed by atoms with Crippen molar-refractivity contribution in [3.05, 3.63) is 28.7 Å². The monoisotopic (exact) mass is 369 g/mol. The van der Waals surface area contributed by atoms with Crippen molar-refractivity contribution in [1.82, 2.24) is 5.32 Å². The number of thioether (sulfide) groups is 1. The van der Waals surface area contributed by atoms with Gasteiger partial charge < -0.3 is 5.32 Å². The van der Waals surface area contributed by atoms with Crippen LogP contribution in [0.2, 0.25) is 0 Å². The summed E-state index contributed by atoms with van der Waals surface area (Å²) in [5.41, 5.74) is 0. The SMILES string of the molecule is CCNC(CSc1cccc(Br)c1)C1CCC(C)C(C)C1. The van der Waals surface area contributed by atoms with Gasteiger partial charge in [-0.3, -0.25) is 0 Å². The minimum atomic E-state index is 0.647. The molecule has 2 rings (SSSR count). The van der Waals surface area contributed by atoms with Crippen LogP contribution < -0.4 is 5.32 Å². The highest BCUT2D eigenvalue weighted by molar-refractivity contribution is 9.10. The van der Waals surface area contributed by atoms with Gasteiger partial charge in [0.05, 0.1) is 0 Å². The van der Waals surface area contributed by atoms with Crippen molar-refractivity contribution < 1.29 is 0 Å². The summed E-state index contributed by atoms with van der Waals surface area (Å²) in [4.78, 5) is 1.37. The second kappa shape index (κ2) is 8.59. The molecule has 1 N–H and O–H groups in total. The molecule has 1 aliphatic carbocycles. The van der Waals surface area contributed by atoms with Crippen molar-refractivity contribution in [1.29, 1.82) is 0 Å². The molecule has 118 valence electrons. The lowest BCUT2D eigenvalue weighted by Crippen LogP contribution is -2.41. The number of halogens is 1. The van der Waals surface area contributed by atoms with E-state index in [9.17, 15) is 0 Å². The largest absolute Gasteiger partial charge is 0.313 e. The predicted octanol–water partition coefficient (Wildman–Crippen LogP) is 5.59. The number of hydrogen-bond donors (Lipinski definition) is 1. The Morgan fingerprint density at radius 3 is 2.76 bits per heavy atom. The lowest BCUT2D eigenvalue weighted by molar-refractivity contribution is 0.179. The lowest BCUT2D eigenvalue weighted by Gasteiger charge is -2.37. The van der Waals surface area contributed by atoms with Gasteiger partial charge in [0, 0.05) is 21.2 Å². The molecule has 1 aliphatic rings. The summed E-state index contributed by atoms with van der Waals surface area (Å²) in [6, 6.07) is 9.30. The van der Waals surface area contributed by atoms with Crippen LogP contribution in [0, 0.1) is 17.8 Å². The highest BCUT2D eigenvalue weighted by Gasteiger charge is 2.29. The third-order valence-electron chi connectivity index (χ3n) is 4.90. The molecule has 0 radical (unpaired) electrons. The minimum Gasteiger partial charge on any atom is -0.313 e. The quantitative estimate of drug-likeness (QED) is 0.655. The Labute approximate surface area is 142 Å². The third-order valence-corrected chi connectivity index (χ3v) is 6.51. The van der Waals surface area contributed by atoms with Crippen LogP contribution in [0.4, 0.5) is 0 Å². The smallest absolute Gasteiger partial charge is 0.0189 e. The van der Waals surface area contributed by atoms with Gasteiger partial charge in [0.2, 0.25) is 0 Å². The van der Waals surface area contributed by atoms with Gasteiger partial charge in [-0.15, -0.1) is 11.8 Å². The van der Waals surface area contributed by atoms with Gasteiger partial charge in [-0.05, 0) is 55.3 Å². The van der Waals surface area contributed by atoms with Crippen molar-refractivity contribution >= 4 is 27.7 Å². The second-order valence-electron chi connectivity index (χ2n) is 6.46. The molecular formula is C18H28BrNS. The normalized spacial score (nSPS) is 27.5. The molecule has 0 spiro atoms. The maximum Gasteiger partial charge on any atom is 0.0189 e. The van der Waals surface area contributed by atoms with Crippen molar-refractivity contribution in [3.8, 4) is 0 Å². The predicted molar refractivity (Wildman–Crippen MR) is 98.0 cm³/mol. The highest BCUT2D eigenvalue weighted by atomic mass is 79.9. The molecule has 0 aromatic heterocycles. The first-order chi connectivity index (χ1) is 10.1. The van der Waals surface area contributed by atoms with E-state index in [0.717, 1.165) is 24.3 Å². The number of nitrogens with one attached hydrogen (secondary N) is 1. The first-order valence-electron chi connectivity index (χ1n) is 8.22. The summed E-state index contributed by atoms with van der Waals surface area (Å²) in [6.45, 7) is 8.15. The molecule has 4 atom stereocenters. The molecule has 21 heavy (non-hydrogen) atoms. The van der Waals surface area contributed by atoms with Crippen molar-refractivity contribution in [2.75, 3.05) is 12.3 Å². The molecule has 0 aliphatic heterocycles. The van der Waals surface area contributed by atoms with Gasteiger partial charge in [0.1, 0.15) is 0 Å². The molecule has 1 saturated carbocycles. The average molecular weight is 370 g/mol. The molecule has 3 heteroatoms. The third kappa shape index (κ3) is 5.30.